The molecule has 96 valence electrons. The minimum atomic E-state index is 0.350. The highest BCUT2D eigenvalue weighted by molar-refractivity contribution is 9.10. The van der Waals surface area contributed by atoms with E-state index in [0.29, 0.717) is 6.04 Å². The third-order valence-electron chi connectivity index (χ3n) is 3.17. The van der Waals surface area contributed by atoms with E-state index in [0.717, 1.165) is 6.54 Å². The molecule has 0 aliphatic rings. The van der Waals surface area contributed by atoms with E-state index >= 15 is 0 Å². The third kappa shape index (κ3) is 3.22. The summed E-state index contributed by atoms with van der Waals surface area (Å²) in [4.78, 5) is 2.82. The summed E-state index contributed by atoms with van der Waals surface area (Å²) in [5, 5.41) is 3.58. The van der Waals surface area contributed by atoms with Gasteiger partial charge in [0, 0.05) is 26.8 Å². The van der Waals surface area contributed by atoms with Crippen molar-refractivity contribution in [2.75, 3.05) is 0 Å². The molecule has 0 aliphatic heterocycles. The van der Waals surface area contributed by atoms with E-state index in [1.54, 1.807) is 0 Å². The number of rotatable bonds is 4. The third-order valence-corrected chi connectivity index (χ3v) is 5.05. The number of benzene rings is 1. The molecule has 0 saturated heterocycles. The molecule has 0 radical (unpaired) electrons. The maximum absolute atomic E-state index is 3.60. The molecule has 0 bridgehead atoms. The Bertz CT molecular complexity index is 514. The smallest absolute Gasteiger partial charge is 0.0306 e. The zero-order valence-electron chi connectivity index (χ0n) is 11.0. The van der Waals surface area contributed by atoms with Gasteiger partial charge in [0.05, 0.1) is 0 Å². The monoisotopic (exact) mass is 323 g/mol. The first-order valence-electron chi connectivity index (χ1n) is 6.11. The Labute approximate surface area is 121 Å². The van der Waals surface area contributed by atoms with Crippen LogP contribution in [0, 0.1) is 13.8 Å². The molecule has 0 aliphatic carbocycles. The fraction of sp³-hybridized carbons (Fsp3) is 0.333. The molecule has 0 amide bonds. The Morgan fingerprint density at radius 2 is 2.00 bits per heavy atom. The minimum absolute atomic E-state index is 0.350. The second kappa shape index (κ2) is 6.00. The average Bonchev–Trinajstić information content (AvgIpc) is 2.66. The minimum Gasteiger partial charge on any atom is -0.305 e. The van der Waals surface area contributed by atoms with Crippen molar-refractivity contribution in [1.82, 2.24) is 5.32 Å². The van der Waals surface area contributed by atoms with Gasteiger partial charge in [0.25, 0.3) is 0 Å². The molecule has 1 heterocycles. The van der Waals surface area contributed by atoms with Gasteiger partial charge in [-0.3, -0.25) is 0 Å². The van der Waals surface area contributed by atoms with Gasteiger partial charge < -0.3 is 5.32 Å². The Balaban J connectivity index is 2.00. The summed E-state index contributed by atoms with van der Waals surface area (Å²) in [5.41, 5.74) is 2.70. The van der Waals surface area contributed by atoms with Crippen molar-refractivity contribution >= 4 is 27.3 Å². The van der Waals surface area contributed by atoms with E-state index in [-0.39, 0.29) is 0 Å². The van der Waals surface area contributed by atoms with E-state index in [4.69, 9.17) is 0 Å². The van der Waals surface area contributed by atoms with Crippen LogP contribution < -0.4 is 5.32 Å². The molecule has 18 heavy (non-hydrogen) atoms. The van der Waals surface area contributed by atoms with Crippen molar-refractivity contribution in [3.8, 4) is 0 Å². The highest BCUT2D eigenvalue weighted by Gasteiger charge is 2.09. The van der Waals surface area contributed by atoms with Gasteiger partial charge >= 0.3 is 0 Å². The van der Waals surface area contributed by atoms with Gasteiger partial charge in [-0.2, -0.15) is 0 Å². The summed E-state index contributed by atoms with van der Waals surface area (Å²) >= 11 is 5.48. The fourth-order valence-electron chi connectivity index (χ4n) is 1.93. The molecule has 1 unspecified atom stereocenters. The van der Waals surface area contributed by atoms with E-state index in [9.17, 15) is 0 Å². The summed E-state index contributed by atoms with van der Waals surface area (Å²) < 4.78 is 1.17. The first-order chi connectivity index (χ1) is 8.58. The maximum Gasteiger partial charge on any atom is 0.0306 e. The quantitative estimate of drug-likeness (QED) is 0.836. The van der Waals surface area contributed by atoms with Gasteiger partial charge in [-0.1, -0.05) is 34.1 Å². The van der Waals surface area contributed by atoms with Crippen molar-refractivity contribution in [3.05, 3.63) is 55.7 Å². The second-order valence-electron chi connectivity index (χ2n) is 4.58. The summed E-state index contributed by atoms with van der Waals surface area (Å²) in [7, 11) is 0. The Kier molecular flexibility index (Phi) is 4.60. The highest BCUT2D eigenvalue weighted by atomic mass is 79.9. The number of nitrogens with one attached hydrogen (secondary N) is 1. The normalized spacial score (nSPS) is 12.7. The van der Waals surface area contributed by atoms with Gasteiger partial charge in [0.2, 0.25) is 0 Å². The molecule has 0 fully saturated rings. The Hall–Kier alpha value is -0.640. The molecule has 2 rings (SSSR count). The van der Waals surface area contributed by atoms with E-state index in [1.807, 2.05) is 17.4 Å². The van der Waals surface area contributed by atoms with E-state index in [1.165, 1.54) is 25.4 Å². The molecule has 3 heteroatoms. The summed E-state index contributed by atoms with van der Waals surface area (Å²) in [6.45, 7) is 7.49. The largest absolute Gasteiger partial charge is 0.305 e. The van der Waals surface area contributed by atoms with Crippen LogP contribution in [0.15, 0.2) is 34.8 Å². The van der Waals surface area contributed by atoms with Crippen LogP contribution in [-0.2, 0) is 6.54 Å². The zero-order chi connectivity index (χ0) is 13.1. The van der Waals surface area contributed by atoms with Crippen molar-refractivity contribution < 1.29 is 0 Å². The predicted molar refractivity (Wildman–Crippen MR) is 83.2 cm³/mol. The number of thiophene rings is 1. The fourth-order valence-corrected chi connectivity index (χ4v) is 3.56. The van der Waals surface area contributed by atoms with E-state index < -0.39 is 0 Å². The molecule has 0 spiro atoms. The van der Waals surface area contributed by atoms with Crippen LogP contribution in [0.2, 0.25) is 0 Å². The van der Waals surface area contributed by atoms with Crippen LogP contribution in [0.3, 0.4) is 0 Å². The van der Waals surface area contributed by atoms with Gasteiger partial charge in [-0.15, -0.1) is 11.3 Å². The predicted octanol–water partition coefficient (Wildman–Crippen LogP) is 4.98. The Morgan fingerprint density at radius 3 is 2.61 bits per heavy atom. The molecular formula is C15H18BrNS. The number of hydrogen-bond donors (Lipinski definition) is 1. The van der Waals surface area contributed by atoms with Crippen molar-refractivity contribution in [2.24, 2.45) is 0 Å². The second-order valence-corrected chi connectivity index (χ2v) is 6.77. The maximum atomic E-state index is 3.60. The highest BCUT2D eigenvalue weighted by Crippen LogP contribution is 2.24. The van der Waals surface area contributed by atoms with Crippen LogP contribution in [0.1, 0.15) is 33.8 Å². The molecule has 1 atom stereocenters. The van der Waals surface area contributed by atoms with Crippen LogP contribution in [0.5, 0.6) is 0 Å². The topological polar surface area (TPSA) is 12.0 Å². The summed E-state index contributed by atoms with van der Waals surface area (Å²) in [6.07, 6.45) is 0. The Morgan fingerprint density at radius 1 is 1.28 bits per heavy atom. The molecular weight excluding hydrogens is 306 g/mol. The lowest BCUT2D eigenvalue weighted by molar-refractivity contribution is 0.577. The van der Waals surface area contributed by atoms with Crippen molar-refractivity contribution in [1.29, 1.82) is 0 Å². The average molecular weight is 324 g/mol. The van der Waals surface area contributed by atoms with Gasteiger partial charge in [-0.05, 0) is 44.0 Å². The first-order valence-corrected chi connectivity index (χ1v) is 7.72. The first kappa shape index (κ1) is 13.8. The summed E-state index contributed by atoms with van der Waals surface area (Å²) in [5.74, 6) is 0. The number of aryl methyl sites for hydroxylation is 2. The number of hydrogen-bond acceptors (Lipinski definition) is 2. The molecule has 0 saturated carbocycles. The lowest BCUT2D eigenvalue weighted by Gasteiger charge is -2.15. The summed E-state index contributed by atoms with van der Waals surface area (Å²) in [6, 6.07) is 11.0. The van der Waals surface area contributed by atoms with Crippen LogP contribution in [0.25, 0.3) is 0 Å². The molecule has 1 aromatic carbocycles. The molecule has 1 nitrogen and oxygen atoms in total. The molecule has 1 N–H and O–H groups in total. The van der Waals surface area contributed by atoms with Crippen LogP contribution >= 0.6 is 27.3 Å². The van der Waals surface area contributed by atoms with Gasteiger partial charge in [0.1, 0.15) is 0 Å². The van der Waals surface area contributed by atoms with Gasteiger partial charge in [0.15, 0.2) is 0 Å². The lowest BCUT2D eigenvalue weighted by atomic mass is 10.1. The van der Waals surface area contributed by atoms with Crippen LogP contribution in [-0.4, -0.2) is 0 Å². The van der Waals surface area contributed by atoms with Crippen LogP contribution in [0.4, 0.5) is 0 Å². The zero-order valence-corrected chi connectivity index (χ0v) is 13.4. The standard InChI is InChI=1S/C15H18BrNS/c1-10-8-13(18-12(10)3)9-17-11(2)14-6-4-5-7-15(14)16/h4-8,11,17H,9H2,1-3H3. The van der Waals surface area contributed by atoms with Gasteiger partial charge in [-0.25, -0.2) is 0 Å². The van der Waals surface area contributed by atoms with Crippen molar-refractivity contribution in [3.63, 3.8) is 0 Å². The number of halogens is 1. The molecule has 1 aromatic heterocycles. The lowest BCUT2D eigenvalue weighted by Crippen LogP contribution is -2.17. The van der Waals surface area contributed by atoms with Crippen molar-refractivity contribution in [2.45, 2.75) is 33.4 Å². The van der Waals surface area contributed by atoms with E-state index in [2.05, 4.69) is 66.3 Å². The SMILES string of the molecule is Cc1cc(CNC(C)c2ccccc2Br)sc1C. The molecule has 2 aromatic rings.